The van der Waals surface area contributed by atoms with Crippen molar-refractivity contribution in [3.8, 4) is 69.0 Å². The minimum Gasteiger partial charge on any atom is -0.507 e. The summed E-state index contributed by atoms with van der Waals surface area (Å²) in [5, 5.41) is 65.9. The first-order chi connectivity index (χ1) is 95.8. The molecule has 12 aliphatic rings. The van der Waals surface area contributed by atoms with Crippen LogP contribution >= 0.6 is 0 Å². The van der Waals surface area contributed by atoms with Crippen LogP contribution in [0.4, 0.5) is 0 Å². The molecule has 6 aromatic rings. The number of unbranched alkanes of at least 4 members (excludes halogenated alkanes) is 6. The van der Waals surface area contributed by atoms with Gasteiger partial charge in [-0.2, -0.15) is 0 Å². The van der Waals surface area contributed by atoms with Gasteiger partial charge in [0.25, 0.3) is 0 Å². The number of aromatic hydroxyl groups is 6. The fourth-order valence-electron chi connectivity index (χ4n) is 18.6. The van der Waals surface area contributed by atoms with E-state index in [4.69, 9.17) is 127 Å². The van der Waals surface area contributed by atoms with Crippen LogP contribution in [0.1, 0.15) is 564 Å². The van der Waals surface area contributed by atoms with Crippen LogP contribution in [0, 0.1) is 35.5 Å². The number of allylic oxidation sites excluding steroid dienone is 12. The van der Waals surface area contributed by atoms with E-state index in [2.05, 4.69) is 0 Å². The number of fused-ring (bicyclic) bond motifs is 18. The number of phenolic OH excluding ortho intramolecular Hbond substituents is 6. The Morgan fingerprint density at radius 1 is 0.297 bits per heavy atom. The first kappa shape index (κ1) is 45.1. The standard InChI is InChI=1S/6C21H30O2/c6*1-5-6-7-8-15-12-18(22)20-16-11-14(2)9-10-17(16)21(3,4)23-19(20)13-15/h6*11-13,16-17,22H,5-10H2,1-4H3/t6*16-,17-/m111111/s1/i2D3,3D3,4D3,8D2,9D2,10D2,11D,17D;2D3,3D3,4D3,8D2,10D2,11D,17D;3D3,4D3,8D2,9D2,16D;2D3,3D3,4D3,8D2,9D2;3D3,4D3,8D2,16D;2D3,3D3,4D3,8D2. The zero-order chi connectivity index (χ0) is 165. The molecule has 12 atom stereocenters. The van der Waals surface area contributed by atoms with Crippen LogP contribution in [0.25, 0.3) is 0 Å². The highest BCUT2D eigenvalue weighted by molar-refractivity contribution is 5.60. The van der Waals surface area contributed by atoms with Crippen LogP contribution in [0.2, 0.25) is 0 Å². The van der Waals surface area contributed by atoms with Gasteiger partial charge in [-0.1, -0.05) is 188 Å². The Balaban J connectivity index is 0.000000205. The van der Waals surface area contributed by atoms with E-state index >= 15 is 0 Å². The second-order valence-corrected chi connectivity index (χ2v) is 36.6. The van der Waals surface area contributed by atoms with Crippen LogP contribution in [0.15, 0.2) is 143 Å². The third kappa shape index (κ3) is 25.0. The van der Waals surface area contributed by atoms with Crippen molar-refractivity contribution in [2.24, 2.45) is 35.5 Å². The zero-order valence-electron chi connectivity index (χ0n) is 155. The van der Waals surface area contributed by atoms with Gasteiger partial charge < -0.3 is 59.1 Å². The molecule has 756 valence electrons. The average molecular weight is 1960 g/mol. The monoisotopic (exact) mass is 1960 g/mol. The predicted octanol–water partition coefficient (Wildman–Crippen LogP) is 34.4. The third-order valence-corrected chi connectivity index (χ3v) is 25.7. The number of hydrogen-bond acceptors (Lipinski definition) is 12. The van der Waals surface area contributed by atoms with E-state index in [0.717, 1.165) is 67.3 Å². The minimum atomic E-state index is -3.94. The van der Waals surface area contributed by atoms with Gasteiger partial charge in [-0.05, 0) is 383 Å². The molecule has 0 amide bonds. The number of aryl methyl sites for hydroxylation is 6. The largest absolute Gasteiger partial charge is 0.507 e. The fraction of sp³-hybridized carbons (Fsp3) is 0.619. The van der Waals surface area contributed by atoms with E-state index in [1.165, 1.54) is 61.5 Å². The van der Waals surface area contributed by atoms with Gasteiger partial charge in [0.15, 0.2) is 0 Å². The van der Waals surface area contributed by atoms with Crippen molar-refractivity contribution >= 4 is 0 Å². The zero-order valence-corrected chi connectivity index (χ0v) is 79.2. The summed E-state index contributed by atoms with van der Waals surface area (Å²) < 4.78 is 663. The first-order valence-corrected chi connectivity index (χ1v) is 47.4. The second kappa shape index (κ2) is 45.7. The highest BCUT2D eigenvalue weighted by Crippen LogP contribution is 2.61. The number of hydrogen-bond donors (Lipinski definition) is 6. The van der Waals surface area contributed by atoms with Gasteiger partial charge in [-0.3, -0.25) is 0 Å². The number of rotatable bonds is 24. The highest BCUT2D eigenvalue weighted by atomic mass is 16.5. The van der Waals surface area contributed by atoms with Crippen LogP contribution in [-0.2, 0) is 38.2 Å². The van der Waals surface area contributed by atoms with E-state index in [0.29, 0.717) is 64.2 Å². The SMILES string of the molecule is [2H]C([2H])(CCCC)c1cc(O)c2c(c1)OC(C([2H])([2H])[2H])(C([2H])([2H])[2H])[C@@H]1CCC(C)=C[C@@]21[2H].[2H]C([2H])([2H])C1=C[C@H]2c3c(O)cc(C([2H])([2H])CCCC)cc3OC(C([2H])([2H])[2H])(C([2H])([2H])[2H])[C@@H]2CC1.[2H]C([2H])([2H])C1=C[C@H]2c3c(O)cc(C([2H])([2H])CCCC)cc3OC(C([2H])([2H])[2H])(C([2H])([2H])[2H])[C@@H]2CC1([2H])[2H].[2H]C1([2H])C[C@H]2C(C([2H])([2H])[2H])(C([2H])([2H])[2H])Oc3cc(C([2H])([2H])CCCC)cc(O)c3[C@]2([2H])C=C1C.[2H]C1=C(C([2H])([2H])[2H])C([2H])([2H])C([2H])([2H])[C@]2([2H])[C@@H]1c1c(O)cc(C([2H])([2H])CCCC)cc1OC2(C([2H])([2H])[2H])C([2H])([2H])[2H].[2H]C1=C(C([2H])([2H])[2H])CC([2H])([2H])[C@]2([2H])[C@@H]1c1c(O)cc(C([2H])([2H])CCCC)cc1OC2(C([2H])([2H])[2H])C([2H])([2H])[2H]. The number of benzene rings is 6. The maximum absolute atomic E-state index is 11.1. The summed E-state index contributed by atoms with van der Waals surface area (Å²) in [6, 6.07) is 11.2. The maximum Gasteiger partial charge on any atom is 0.127 e. The summed E-state index contributed by atoms with van der Waals surface area (Å²) in [5.74, 6) is -30.0. The molecule has 0 bridgehead atoms. The van der Waals surface area contributed by atoms with Gasteiger partial charge in [0.2, 0.25) is 0 Å². The van der Waals surface area contributed by atoms with Crippen molar-refractivity contribution in [3.05, 3.63) is 209 Å². The van der Waals surface area contributed by atoms with Gasteiger partial charge in [0.05, 0.1) is 2.74 Å². The van der Waals surface area contributed by atoms with E-state index in [9.17, 15) is 36.1 Å². The molecule has 0 fully saturated rings. The third-order valence-electron chi connectivity index (χ3n) is 25.7. The van der Waals surface area contributed by atoms with Gasteiger partial charge in [0, 0.05) is 206 Å². The van der Waals surface area contributed by atoms with Gasteiger partial charge in [0.1, 0.15) is 103 Å². The van der Waals surface area contributed by atoms with Crippen molar-refractivity contribution in [3.63, 3.8) is 0 Å². The smallest absolute Gasteiger partial charge is 0.127 e. The molecule has 0 unspecified atom stereocenters. The van der Waals surface area contributed by atoms with Crippen LogP contribution in [0.3, 0.4) is 0 Å². The van der Waals surface area contributed by atoms with Crippen LogP contribution in [-0.4, -0.2) is 64.2 Å². The first-order valence-electron chi connectivity index (χ1n) is 85.4. The quantitative estimate of drug-likeness (QED) is 0.0317. The molecular formula is C126H180O12. The van der Waals surface area contributed by atoms with Gasteiger partial charge in [-0.15, -0.1) is 0 Å². The molecule has 6 heterocycles. The molecule has 6 aliphatic heterocycles. The molecule has 0 radical (unpaired) electrons. The number of ether oxygens (including phenoxy) is 6. The molecule has 6 aliphatic carbocycles. The normalized spacial score (nSPS) is 39.4. The minimum absolute atomic E-state index is 0.00737. The van der Waals surface area contributed by atoms with Crippen molar-refractivity contribution in [2.75, 3.05) is 0 Å². The Hall–Kier alpha value is -8.64. The topological polar surface area (TPSA) is 177 Å². The van der Waals surface area contributed by atoms with Crippen molar-refractivity contribution in [1.29, 1.82) is 0 Å². The van der Waals surface area contributed by atoms with E-state index in [1.54, 1.807) is 13.8 Å². The predicted molar refractivity (Wildman–Crippen MR) is 572 cm³/mol. The molecule has 12 heteroatoms. The van der Waals surface area contributed by atoms with E-state index in [-0.39, 0.29) is 153 Å². The summed E-state index contributed by atoms with van der Waals surface area (Å²) >= 11 is 0. The van der Waals surface area contributed by atoms with Crippen molar-refractivity contribution in [1.82, 2.24) is 0 Å². The number of phenols is 6. The van der Waals surface area contributed by atoms with Crippen molar-refractivity contribution in [2.45, 2.75) is 465 Å². The summed E-state index contributed by atoms with van der Waals surface area (Å²) in [5.41, 5.74) is -22.4. The summed E-state index contributed by atoms with van der Waals surface area (Å²) in [6.07, 6.45) is -16.8. The Kier molecular flexibility index (Phi) is 15.0. The molecular weight excluding hydrogens is 1710 g/mol. The summed E-state index contributed by atoms with van der Waals surface area (Å²) in [4.78, 5) is 0. The van der Waals surface area contributed by atoms with E-state index in [1.807, 2.05) is 34.6 Å². The molecule has 138 heavy (non-hydrogen) atoms. The van der Waals surface area contributed by atoms with Gasteiger partial charge in [-0.25, -0.2) is 0 Å². The van der Waals surface area contributed by atoms with E-state index < -0.39 is 384 Å². The lowest BCUT2D eigenvalue weighted by Gasteiger charge is -2.46. The molecule has 0 saturated heterocycles. The summed E-state index contributed by atoms with van der Waals surface area (Å²) in [6.45, 7) is -38.3. The van der Waals surface area contributed by atoms with Crippen molar-refractivity contribution < 1.29 is 163 Å². The Bertz CT molecular complexity index is 8720. The Morgan fingerprint density at radius 2 is 0.580 bits per heavy atom. The molecule has 6 N–H and O–H groups in total. The fourth-order valence-corrected chi connectivity index (χ4v) is 18.6. The summed E-state index contributed by atoms with van der Waals surface area (Å²) in [7, 11) is 0. The van der Waals surface area contributed by atoms with Gasteiger partial charge >= 0.3 is 0 Å². The Morgan fingerprint density at radius 3 is 0.949 bits per heavy atom. The highest BCUT2D eigenvalue weighted by Gasteiger charge is 2.52. The lowest BCUT2D eigenvalue weighted by Crippen LogP contribution is -2.45. The molecule has 0 spiro atoms. The van der Waals surface area contributed by atoms with Crippen LogP contribution in [0.5, 0.6) is 69.0 Å². The lowest BCUT2D eigenvalue weighted by atomic mass is 9.68. The second-order valence-electron chi connectivity index (χ2n) is 36.6. The average Bonchev–Trinajstić information content (AvgIpc) is 0.696. The lowest BCUT2D eigenvalue weighted by molar-refractivity contribution is 0.0104. The molecule has 0 saturated carbocycles. The molecule has 0 aromatic heterocycles. The Labute approximate surface area is 941 Å². The molecule has 12 nitrogen and oxygen atoms in total. The van der Waals surface area contributed by atoms with Crippen LogP contribution < -0.4 is 28.4 Å². The maximum atomic E-state index is 11.1. The molecule has 18 rings (SSSR count). The molecule has 6 aromatic carbocycles.